The molecule has 1 amide bonds. The Balaban J connectivity index is 1.25. The van der Waals surface area contributed by atoms with E-state index in [2.05, 4.69) is 19.8 Å². The predicted octanol–water partition coefficient (Wildman–Crippen LogP) is 3.79. The van der Waals surface area contributed by atoms with Crippen LogP contribution in [-0.2, 0) is 4.79 Å². The number of anilines is 1. The number of carbonyl (C=O) groups excluding carboxylic acids is 1. The third-order valence-electron chi connectivity index (χ3n) is 5.12. The molecule has 0 radical (unpaired) electrons. The number of hydrogen-bond acceptors (Lipinski definition) is 8. The maximum absolute atomic E-state index is 12.6. The van der Waals surface area contributed by atoms with Gasteiger partial charge in [-0.25, -0.2) is 0 Å². The van der Waals surface area contributed by atoms with Gasteiger partial charge in [-0.1, -0.05) is 11.8 Å². The smallest absolute Gasteiger partial charge is 0.387 e. The number of nitrogens with zero attached hydrogens (tertiary/aromatic N) is 4. The van der Waals surface area contributed by atoms with Crippen LogP contribution in [0.1, 0.15) is 0 Å². The maximum atomic E-state index is 12.6. The second-order valence-electron chi connectivity index (χ2n) is 7.13. The molecule has 0 bridgehead atoms. The SMILES string of the molecule is COc1ccc(N2CCN(C(=O)CSc3nnc(-c4ccc(OC(F)F)cc4)o3)CC2)cc1. The van der Waals surface area contributed by atoms with Crippen LogP contribution < -0.4 is 14.4 Å². The average molecular weight is 477 g/mol. The molecule has 8 nitrogen and oxygen atoms in total. The van der Waals surface area contributed by atoms with Gasteiger partial charge in [0.05, 0.1) is 12.9 Å². The fraction of sp³-hybridized carbons (Fsp3) is 0.318. The van der Waals surface area contributed by atoms with Crippen LogP contribution in [0, 0.1) is 0 Å². The number of hydrogen-bond donors (Lipinski definition) is 0. The molecular weight excluding hydrogens is 454 g/mol. The van der Waals surface area contributed by atoms with Gasteiger partial charge in [0.25, 0.3) is 5.22 Å². The Morgan fingerprint density at radius 3 is 2.33 bits per heavy atom. The van der Waals surface area contributed by atoms with Gasteiger partial charge < -0.3 is 23.7 Å². The van der Waals surface area contributed by atoms with E-state index >= 15 is 0 Å². The average Bonchev–Trinajstić information content (AvgIpc) is 3.32. The van der Waals surface area contributed by atoms with E-state index < -0.39 is 6.61 Å². The Morgan fingerprint density at radius 1 is 1.03 bits per heavy atom. The molecule has 0 unspecified atom stereocenters. The zero-order valence-electron chi connectivity index (χ0n) is 17.8. The van der Waals surface area contributed by atoms with Crippen molar-refractivity contribution < 1.29 is 27.5 Å². The van der Waals surface area contributed by atoms with E-state index in [9.17, 15) is 13.6 Å². The number of thioether (sulfide) groups is 1. The number of methoxy groups -OCH3 is 1. The van der Waals surface area contributed by atoms with Crippen molar-refractivity contribution in [2.75, 3.05) is 43.9 Å². The summed E-state index contributed by atoms with van der Waals surface area (Å²) in [7, 11) is 1.64. The van der Waals surface area contributed by atoms with Gasteiger partial charge >= 0.3 is 6.61 Å². The minimum Gasteiger partial charge on any atom is -0.497 e. The van der Waals surface area contributed by atoms with Gasteiger partial charge in [0.2, 0.25) is 11.8 Å². The van der Waals surface area contributed by atoms with Crippen molar-refractivity contribution >= 4 is 23.4 Å². The van der Waals surface area contributed by atoms with Gasteiger partial charge in [0.1, 0.15) is 11.5 Å². The topological polar surface area (TPSA) is 80.9 Å². The molecular formula is C22H22F2N4O4S. The van der Waals surface area contributed by atoms with E-state index in [4.69, 9.17) is 9.15 Å². The highest BCUT2D eigenvalue weighted by atomic mass is 32.2. The lowest BCUT2D eigenvalue weighted by molar-refractivity contribution is -0.128. The van der Waals surface area contributed by atoms with Crippen LogP contribution in [0.3, 0.4) is 0 Å². The van der Waals surface area contributed by atoms with Crippen molar-refractivity contribution in [3.05, 3.63) is 48.5 Å². The normalized spacial score (nSPS) is 13.9. The number of carbonyl (C=O) groups is 1. The van der Waals surface area contributed by atoms with Gasteiger partial charge in [-0.2, -0.15) is 8.78 Å². The molecule has 174 valence electrons. The molecule has 0 saturated carbocycles. The van der Waals surface area contributed by atoms with E-state index in [0.717, 1.165) is 24.5 Å². The molecule has 1 saturated heterocycles. The molecule has 3 aromatic rings. The second-order valence-corrected chi connectivity index (χ2v) is 8.06. The molecule has 0 N–H and O–H groups in total. The summed E-state index contributed by atoms with van der Waals surface area (Å²) in [6.45, 7) is -0.122. The van der Waals surface area contributed by atoms with E-state index in [1.54, 1.807) is 19.2 Å². The lowest BCUT2D eigenvalue weighted by Crippen LogP contribution is -2.49. The summed E-state index contributed by atoms with van der Waals surface area (Å²) in [5, 5.41) is 8.18. The van der Waals surface area contributed by atoms with Gasteiger partial charge in [-0.15, -0.1) is 10.2 Å². The number of rotatable bonds is 8. The van der Waals surface area contributed by atoms with Crippen molar-refractivity contribution in [2.45, 2.75) is 11.8 Å². The second kappa shape index (κ2) is 10.5. The summed E-state index contributed by atoms with van der Waals surface area (Å²) >= 11 is 1.17. The number of piperazine rings is 1. The minimum atomic E-state index is -2.88. The summed E-state index contributed by atoms with van der Waals surface area (Å²) in [4.78, 5) is 16.7. The molecule has 1 aromatic heterocycles. The number of benzene rings is 2. The van der Waals surface area contributed by atoms with E-state index in [1.165, 1.54) is 23.9 Å². The first kappa shape index (κ1) is 22.8. The molecule has 1 aliphatic rings. The number of halogens is 2. The highest BCUT2D eigenvalue weighted by Crippen LogP contribution is 2.26. The van der Waals surface area contributed by atoms with Crippen LogP contribution in [0.15, 0.2) is 58.2 Å². The van der Waals surface area contributed by atoms with Crippen molar-refractivity contribution in [1.82, 2.24) is 15.1 Å². The lowest BCUT2D eigenvalue weighted by atomic mass is 10.2. The third kappa shape index (κ3) is 5.92. The predicted molar refractivity (Wildman–Crippen MR) is 119 cm³/mol. The zero-order chi connectivity index (χ0) is 23.2. The number of aromatic nitrogens is 2. The number of ether oxygens (including phenoxy) is 2. The van der Waals surface area contributed by atoms with E-state index in [0.29, 0.717) is 18.7 Å². The summed E-state index contributed by atoms with van der Waals surface area (Å²) in [5.74, 6) is 1.28. The first-order valence-corrected chi connectivity index (χ1v) is 11.2. The standard InChI is InChI=1S/C22H22F2N4O4S/c1-30-17-8-4-16(5-9-17)27-10-12-28(13-11-27)19(29)14-33-22-26-25-20(32-22)15-2-6-18(7-3-15)31-21(23)24/h2-9,21H,10-14H2,1H3. The van der Waals surface area contributed by atoms with Crippen LogP contribution >= 0.6 is 11.8 Å². The highest BCUT2D eigenvalue weighted by molar-refractivity contribution is 7.99. The summed E-state index contributed by atoms with van der Waals surface area (Å²) < 4.78 is 39.6. The van der Waals surface area contributed by atoms with Crippen molar-refractivity contribution in [1.29, 1.82) is 0 Å². The number of alkyl halides is 2. The van der Waals surface area contributed by atoms with Crippen LogP contribution in [0.4, 0.5) is 14.5 Å². The molecule has 1 aliphatic heterocycles. The molecule has 0 aliphatic carbocycles. The monoisotopic (exact) mass is 476 g/mol. The van der Waals surface area contributed by atoms with Gasteiger partial charge in [0, 0.05) is 37.4 Å². The fourth-order valence-electron chi connectivity index (χ4n) is 3.39. The van der Waals surface area contributed by atoms with Crippen LogP contribution in [0.5, 0.6) is 11.5 Å². The first-order valence-electron chi connectivity index (χ1n) is 10.2. The summed E-state index contributed by atoms with van der Waals surface area (Å²) in [6.07, 6.45) is 0. The van der Waals surface area contributed by atoms with Crippen molar-refractivity contribution in [3.63, 3.8) is 0 Å². The molecule has 11 heteroatoms. The summed E-state index contributed by atoms with van der Waals surface area (Å²) in [5.41, 5.74) is 1.67. The van der Waals surface area contributed by atoms with Gasteiger partial charge in [0.15, 0.2) is 0 Å². The Labute approximate surface area is 193 Å². The van der Waals surface area contributed by atoms with E-state index in [-0.39, 0.29) is 28.5 Å². The van der Waals surface area contributed by atoms with Gasteiger partial charge in [-0.3, -0.25) is 4.79 Å². The van der Waals surface area contributed by atoms with Crippen LogP contribution in [-0.4, -0.2) is 66.7 Å². The van der Waals surface area contributed by atoms with E-state index in [1.807, 2.05) is 29.2 Å². The molecule has 2 heterocycles. The fourth-order valence-corrected chi connectivity index (χ4v) is 4.05. The van der Waals surface area contributed by atoms with Gasteiger partial charge in [-0.05, 0) is 48.5 Å². The minimum absolute atomic E-state index is 0.00244. The molecule has 0 atom stereocenters. The zero-order valence-corrected chi connectivity index (χ0v) is 18.6. The number of amides is 1. The van der Waals surface area contributed by atoms with Crippen molar-refractivity contribution in [3.8, 4) is 23.0 Å². The Kier molecular flexibility index (Phi) is 7.28. The molecule has 33 heavy (non-hydrogen) atoms. The Morgan fingerprint density at radius 2 is 1.70 bits per heavy atom. The Hall–Kier alpha value is -3.34. The molecule has 1 fully saturated rings. The summed E-state index contributed by atoms with van der Waals surface area (Å²) in [6, 6.07) is 13.8. The quantitative estimate of drug-likeness (QED) is 0.455. The maximum Gasteiger partial charge on any atom is 0.387 e. The molecule has 4 rings (SSSR count). The first-order chi connectivity index (χ1) is 16.0. The van der Waals surface area contributed by atoms with Crippen LogP contribution in [0.25, 0.3) is 11.5 Å². The lowest BCUT2D eigenvalue weighted by Gasteiger charge is -2.36. The Bertz CT molecular complexity index is 1060. The molecule has 0 spiro atoms. The third-order valence-corrected chi connectivity index (χ3v) is 5.93. The highest BCUT2D eigenvalue weighted by Gasteiger charge is 2.22. The van der Waals surface area contributed by atoms with Crippen molar-refractivity contribution in [2.24, 2.45) is 0 Å². The molecule has 2 aromatic carbocycles. The van der Waals surface area contributed by atoms with Crippen LogP contribution in [0.2, 0.25) is 0 Å². The largest absolute Gasteiger partial charge is 0.497 e.